The summed E-state index contributed by atoms with van der Waals surface area (Å²) in [6.45, 7) is 1.43. The maximum Gasteiger partial charge on any atom is 0.217 e. The average Bonchev–Trinajstić information content (AvgIpc) is 2.60. The zero-order valence-corrected chi connectivity index (χ0v) is 13.0. The van der Waals surface area contributed by atoms with Crippen molar-refractivity contribution in [3.63, 3.8) is 0 Å². The zero-order valence-electron chi connectivity index (χ0n) is 10.0. The molecule has 18 heavy (non-hydrogen) atoms. The molecule has 0 aromatic heterocycles. The molecule has 0 heterocycles. The first-order valence-corrected chi connectivity index (χ1v) is 6.79. The highest BCUT2D eigenvalue weighted by Gasteiger charge is 2.81. The number of hydrogen-bond acceptors (Lipinski definition) is 3. The minimum Gasteiger partial charge on any atom is -0.350 e. The van der Waals surface area contributed by atoms with Crippen LogP contribution in [0.4, 0.5) is 0 Å². The number of fused-ring (bicyclic) bond motifs is 2. The molecule has 0 saturated heterocycles. The Bertz CT molecular complexity index is 446. The molecule has 1 fully saturated rings. The number of ether oxygens (including phenoxy) is 2. The highest BCUT2D eigenvalue weighted by Crippen LogP contribution is 2.71. The molecule has 3 nitrogen and oxygen atoms in total. The fourth-order valence-corrected chi connectivity index (χ4v) is 5.17. The Balaban J connectivity index is 2.73. The van der Waals surface area contributed by atoms with Crippen molar-refractivity contribution in [3.8, 4) is 0 Å². The van der Waals surface area contributed by atoms with E-state index in [1.807, 2.05) is 0 Å². The number of halogens is 4. The standard InChI is InChI=1S/C11H12Cl4O3/c1-5(16)6-4-9(14)7(12)8(13)10(6,15)11(9,17-2)18-3/h6H,4H2,1-3H3. The summed E-state index contributed by atoms with van der Waals surface area (Å²) >= 11 is 25.5. The van der Waals surface area contributed by atoms with Gasteiger partial charge in [0.1, 0.15) is 15.5 Å². The van der Waals surface area contributed by atoms with E-state index in [-0.39, 0.29) is 22.3 Å². The smallest absolute Gasteiger partial charge is 0.217 e. The normalized spacial score (nSPS) is 41.6. The Morgan fingerprint density at radius 3 is 2.06 bits per heavy atom. The van der Waals surface area contributed by atoms with Crippen molar-refractivity contribution >= 4 is 52.2 Å². The van der Waals surface area contributed by atoms with Gasteiger partial charge in [-0.25, -0.2) is 0 Å². The molecule has 0 aromatic carbocycles. The maximum absolute atomic E-state index is 11.8. The van der Waals surface area contributed by atoms with E-state index in [0.29, 0.717) is 0 Å². The first-order valence-electron chi connectivity index (χ1n) is 5.27. The minimum absolute atomic E-state index is 0.121. The minimum atomic E-state index is -1.45. The van der Waals surface area contributed by atoms with Gasteiger partial charge < -0.3 is 9.47 Å². The Morgan fingerprint density at radius 1 is 1.22 bits per heavy atom. The van der Waals surface area contributed by atoms with Gasteiger partial charge in [0.2, 0.25) is 5.79 Å². The molecule has 2 aliphatic rings. The van der Waals surface area contributed by atoms with Gasteiger partial charge in [-0.2, -0.15) is 0 Å². The largest absolute Gasteiger partial charge is 0.350 e. The lowest BCUT2D eigenvalue weighted by atomic mass is 9.88. The number of hydrogen-bond donors (Lipinski definition) is 0. The molecule has 3 atom stereocenters. The van der Waals surface area contributed by atoms with Crippen LogP contribution in [0.1, 0.15) is 13.3 Å². The summed E-state index contributed by atoms with van der Waals surface area (Å²) in [6.07, 6.45) is 0.226. The molecule has 0 amide bonds. The maximum atomic E-state index is 11.8. The summed E-state index contributed by atoms with van der Waals surface area (Å²) in [6, 6.07) is 0. The van der Waals surface area contributed by atoms with Crippen LogP contribution in [0.25, 0.3) is 0 Å². The van der Waals surface area contributed by atoms with Crippen molar-refractivity contribution in [3.05, 3.63) is 10.1 Å². The van der Waals surface area contributed by atoms with Gasteiger partial charge in [0.05, 0.1) is 10.1 Å². The molecule has 0 N–H and O–H groups in total. The monoisotopic (exact) mass is 332 g/mol. The van der Waals surface area contributed by atoms with Gasteiger partial charge in [-0.15, -0.1) is 23.2 Å². The molecule has 2 rings (SSSR count). The molecular formula is C11H12Cl4O3. The van der Waals surface area contributed by atoms with Crippen molar-refractivity contribution in [1.29, 1.82) is 0 Å². The van der Waals surface area contributed by atoms with Crippen LogP contribution < -0.4 is 0 Å². The van der Waals surface area contributed by atoms with Gasteiger partial charge in [0.15, 0.2) is 0 Å². The highest BCUT2D eigenvalue weighted by molar-refractivity contribution is 6.52. The molecular weight excluding hydrogens is 322 g/mol. The van der Waals surface area contributed by atoms with Crippen molar-refractivity contribution in [1.82, 2.24) is 0 Å². The first kappa shape index (κ1) is 14.9. The SMILES string of the molecule is COC1(OC)C2(Cl)CC(C(C)=O)C1(Cl)C(Cl)=C2Cl. The lowest BCUT2D eigenvalue weighted by molar-refractivity contribution is -0.218. The van der Waals surface area contributed by atoms with Crippen molar-refractivity contribution in [2.75, 3.05) is 14.2 Å². The van der Waals surface area contributed by atoms with Gasteiger partial charge in [0.25, 0.3) is 0 Å². The predicted octanol–water partition coefficient (Wildman–Crippen LogP) is 3.24. The Hall–Kier alpha value is 0.490. The molecule has 2 bridgehead atoms. The van der Waals surface area contributed by atoms with Gasteiger partial charge in [0, 0.05) is 20.1 Å². The van der Waals surface area contributed by atoms with Crippen LogP contribution >= 0.6 is 46.4 Å². The molecule has 0 aromatic rings. The molecule has 1 saturated carbocycles. The topological polar surface area (TPSA) is 35.5 Å². The van der Waals surface area contributed by atoms with Crippen LogP contribution in [0.15, 0.2) is 10.1 Å². The summed E-state index contributed by atoms with van der Waals surface area (Å²) in [4.78, 5) is 9.15. The lowest BCUT2D eigenvalue weighted by Crippen LogP contribution is -2.57. The number of carbonyl (C=O) groups excluding carboxylic acids is 1. The molecule has 0 spiro atoms. The number of alkyl halides is 2. The van der Waals surface area contributed by atoms with E-state index in [2.05, 4.69) is 0 Å². The fourth-order valence-electron chi connectivity index (χ4n) is 3.07. The lowest BCUT2D eigenvalue weighted by Gasteiger charge is -2.40. The summed E-state index contributed by atoms with van der Waals surface area (Å²) < 4.78 is 10.8. The number of methoxy groups -OCH3 is 2. The van der Waals surface area contributed by atoms with E-state index in [9.17, 15) is 4.79 Å². The van der Waals surface area contributed by atoms with Gasteiger partial charge >= 0.3 is 0 Å². The first-order chi connectivity index (χ1) is 8.23. The third kappa shape index (κ3) is 1.28. The number of Topliss-reactive ketones (excluding diaryl/α,β-unsaturated/α-hetero) is 1. The second kappa shape index (κ2) is 4.24. The van der Waals surface area contributed by atoms with Crippen LogP contribution in [-0.4, -0.2) is 35.5 Å². The molecule has 0 radical (unpaired) electrons. The summed E-state index contributed by atoms with van der Waals surface area (Å²) in [7, 11) is 2.81. The predicted molar refractivity (Wildman–Crippen MR) is 71.4 cm³/mol. The van der Waals surface area contributed by atoms with E-state index in [0.717, 1.165) is 0 Å². The van der Waals surface area contributed by atoms with Crippen molar-refractivity contribution < 1.29 is 14.3 Å². The zero-order chi connectivity index (χ0) is 13.9. The van der Waals surface area contributed by atoms with E-state index >= 15 is 0 Å². The Morgan fingerprint density at radius 2 is 1.72 bits per heavy atom. The summed E-state index contributed by atoms with van der Waals surface area (Å²) in [5, 5.41) is 0.304. The van der Waals surface area contributed by atoms with Crippen LogP contribution in [0.3, 0.4) is 0 Å². The quantitative estimate of drug-likeness (QED) is 0.587. The van der Waals surface area contributed by atoms with Crippen LogP contribution in [0.2, 0.25) is 0 Å². The molecule has 102 valence electrons. The molecule has 0 aliphatic heterocycles. The van der Waals surface area contributed by atoms with Gasteiger partial charge in [-0.05, 0) is 13.3 Å². The number of rotatable bonds is 3. The van der Waals surface area contributed by atoms with Crippen LogP contribution in [0, 0.1) is 5.92 Å². The Kier molecular flexibility index (Phi) is 3.51. The van der Waals surface area contributed by atoms with Gasteiger partial charge in [-0.1, -0.05) is 23.2 Å². The van der Waals surface area contributed by atoms with E-state index in [1.54, 1.807) is 0 Å². The second-order valence-corrected chi connectivity index (χ2v) is 6.53. The molecule has 3 unspecified atom stereocenters. The third-order valence-corrected chi connectivity index (χ3v) is 6.47. The number of ketones is 1. The summed E-state index contributed by atoms with van der Waals surface area (Å²) in [5.41, 5.74) is 0. The van der Waals surface area contributed by atoms with E-state index < -0.39 is 21.5 Å². The van der Waals surface area contributed by atoms with Crippen molar-refractivity contribution in [2.24, 2.45) is 5.92 Å². The molecule has 2 aliphatic carbocycles. The van der Waals surface area contributed by atoms with Gasteiger partial charge in [-0.3, -0.25) is 4.79 Å². The van der Waals surface area contributed by atoms with Crippen LogP contribution in [-0.2, 0) is 14.3 Å². The van der Waals surface area contributed by atoms with Crippen molar-refractivity contribution in [2.45, 2.75) is 28.9 Å². The molecule has 7 heteroatoms. The third-order valence-electron chi connectivity index (χ3n) is 3.89. The van der Waals surface area contributed by atoms with Crippen LogP contribution in [0.5, 0.6) is 0 Å². The van der Waals surface area contributed by atoms with E-state index in [1.165, 1.54) is 21.1 Å². The summed E-state index contributed by atoms with van der Waals surface area (Å²) in [5.74, 6) is -2.19. The Labute approximate surface area is 125 Å². The number of carbonyl (C=O) groups is 1. The second-order valence-electron chi connectivity index (χ2n) is 4.53. The fraction of sp³-hybridized carbons (Fsp3) is 0.727. The highest BCUT2D eigenvalue weighted by atomic mass is 35.5. The van der Waals surface area contributed by atoms with E-state index in [4.69, 9.17) is 55.9 Å². The average molecular weight is 334 g/mol.